The van der Waals surface area contributed by atoms with Crippen molar-refractivity contribution in [1.29, 1.82) is 0 Å². The standard InChI is InChI=1S/C12H22N2O4/c1-12(2,3)11(17)14-7-5-9(15)13-8-6-10(16)18-4/h5-8H2,1-4H3,(H,13,15)(H,14,17). The lowest BCUT2D eigenvalue weighted by Crippen LogP contribution is -2.37. The highest BCUT2D eigenvalue weighted by molar-refractivity contribution is 5.82. The van der Waals surface area contributed by atoms with Crippen LogP contribution in [-0.4, -0.2) is 38.0 Å². The van der Waals surface area contributed by atoms with Crippen LogP contribution >= 0.6 is 0 Å². The molecule has 6 heteroatoms. The molecule has 0 aliphatic rings. The molecule has 0 aromatic carbocycles. The maximum absolute atomic E-state index is 11.5. The Hall–Kier alpha value is -1.59. The highest BCUT2D eigenvalue weighted by Crippen LogP contribution is 2.11. The van der Waals surface area contributed by atoms with Gasteiger partial charge in [-0.25, -0.2) is 0 Å². The van der Waals surface area contributed by atoms with Crippen LogP contribution in [0, 0.1) is 5.41 Å². The minimum Gasteiger partial charge on any atom is -0.469 e. The first kappa shape index (κ1) is 16.4. The Labute approximate surface area is 107 Å². The molecular formula is C12H22N2O4. The number of carbonyl (C=O) groups excluding carboxylic acids is 3. The van der Waals surface area contributed by atoms with Gasteiger partial charge in [-0.1, -0.05) is 20.8 Å². The highest BCUT2D eigenvalue weighted by atomic mass is 16.5. The fourth-order valence-electron chi connectivity index (χ4n) is 1.05. The molecule has 0 radical (unpaired) electrons. The summed E-state index contributed by atoms with van der Waals surface area (Å²) in [6, 6.07) is 0. The van der Waals surface area contributed by atoms with Gasteiger partial charge in [-0.15, -0.1) is 0 Å². The summed E-state index contributed by atoms with van der Waals surface area (Å²) in [6.07, 6.45) is 0.347. The third-order valence-electron chi connectivity index (χ3n) is 2.20. The maximum Gasteiger partial charge on any atom is 0.307 e. The number of methoxy groups -OCH3 is 1. The summed E-state index contributed by atoms with van der Waals surface area (Å²) >= 11 is 0. The fraction of sp³-hybridized carbons (Fsp3) is 0.750. The van der Waals surface area contributed by atoms with Crippen LogP contribution in [0.4, 0.5) is 0 Å². The van der Waals surface area contributed by atoms with Gasteiger partial charge in [0.25, 0.3) is 0 Å². The van der Waals surface area contributed by atoms with E-state index in [1.54, 1.807) is 20.8 Å². The Morgan fingerprint density at radius 2 is 1.56 bits per heavy atom. The summed E-state index contributed by atoms with van der Waals surface area (Å²) < 4.78 is 4.43. The number of nitrogens with one attached hydrogen (secondary N) is 2. The van der Waals surface area contributed by atoms with Crippen LogP contribution in [-0.2, 0) is 19.1 Å². The first-order valence-electron chi connectivity index (χ1n) is 5.89. The summed E-state index contributed by atoms with van der Waals surface area (Å²) in [5.41, 5.74) is -0.457. The van der Waals surface area contributed by atoms with Crippen molar-refractivity contribution in [3.63, 3.8) is 0 Å². The average molecular weight is 258 g/mol. The zero-order valence-corrected chi connectivity index (χ0v) is 11.5. The van der Waals surface area contributed by atoms with Crippen LogP contribution in [0.5, 0.6) is 0 Å². The van der Waals surface area contributed by atoms with Crippen LogP contribution in [0.3, 0.4) is 0 Å². The smallest absolute Gasteiger partial charge is 0.307 e. The highest BCUT2D eigenvalue weighted by Gasteiger charge is 2.20. The maximum atomic E-state index is 11.5. The second kappa shape index (κ2) is 7.68. The molecule has 0 rings (SSSR count). The normalized spacial score (nSPS) is 10.7. The zero-order valence-electron chi connectivity index (χ0n) is 11.5. The fourth-order valence-corrected chi connectivity index (χ4v) is 1.05. The third-order valence-corrected chi connectivity index (χ3v) is 2.20. The molecule has 0 spiro atoms. The van der Waals surface area contributed by atoms with Gasteiger partial charge < -0.3 is 15.4 Å². The molecule has 18 heavy (non-hydrogen) atoms. The van der Waals surface area contributed by atoms with Crippen molar-refractivity contribution in [2.24, 2.45) is 5.41 Å². The third kappa shape index (κ3) is 7.65. The van der Waals surface area contributed by atoms with Crippen LogP contribution in [0.2, 0.25) is 0 Å². The Kier molecular flexibility index (Phi) is 7.00. The quantitative estimate of drug-likeness (QED) is 0.667. The first-order valence-corrected chi connectivity index (χ1v) is 5.89. The lowest BCUT2D eigenvalue weighted by Gasteiger charge is -2.17. The van der Waals surface area contributed by atoms with Gasteiger partial charge in [0.2, 0.25) is 11.8 Å². The van der Waals surface area contributed by atoms with Gasteiger partial charge >= 0.3 is 5.97 Å². The van der Waals surface area contributed by atoms with Gasteiger partial charge in [-0.2, -0.15) is 0 Å². The predicted octanol–water partition coefficient (Wildman–Crippen LogP) is 0.218. The van der Waals surface area contributed by atoms with Gasteiger partial charge in [0, 0.05) is 24.9 Å². The molecule has 0 saturated carbocycles. The van der Waals surface area contributed by atoms with Gasteiger partial charge in [-0.3, -0.25) is 14.4 Å². The molecule has 0 aliphatic carbocycles. The van der Waals surface area contributed by atoms with Gasteiger partial charge in [0.15, 0.2) is 0 Å². The molecule has 104 valence electrons. The van der Waals surface area contributed by atoms with E-state index in [-0.39, 0.29) is 37.2 Å². The van der Waals surface area contributed by atoms with Gasteiger partial charge in [-0.05, 0) is 0 Å². The Bertz CT molecular complexity index is 308. The molecule has 0 fully saturated rings. The van der Waals surface area contributed by atoms with E-state index >= 15 is 0 Å². The molecule has 6 nitrogen and oxygen atoms in total. The summed E-state index contributed by atoms with van der Waals surface area (Å²) in [5.74, 6) is -0.658. The minimum atomic E-state index is -0.457. The predicted molar refractivity (Wildman–Crippen MR) is 66.7 cm³/mol. The molecular weight excluding hydrogens is 236 g/mol. The van der Waals surface area contributed by atoms with E-state index in [0.717, 1.165) is 0 Å². The van der Waals surface area contributed by atoms with Crippen LogP contribution < -0.4 is 10.6 Å². The van der Waals surface area contributed by atoms with E-state index in [0.29, 0.717) is 6.54 Å². The summed E-state index contributed by atoms with van der Waals surface area (Å²) in [5, 5.41) is 5.24. The Balaban J connectivity index is 3.66. The number of amides is 2. The number of carbonyl (C=O) groups is 3. The average Bonchev–Trinajstić information content (AvgIpc) is 2.27. The molecule has 0 saturated heterocycles. The summed E-state index contributed by atoms with van der Waals surface area (Å²) in [7, 11) is 1.30. The van der Waals surface area contributed by atoms with Crippen molar-refractivity contribution in [1.82, 2.24) is 10.6 Å². The number of esters is 1. The number of hydrogen-bond acceptors (Lipinski definition) is 4. The molecule has 0 unspecified atom stereocenters. The minimum absolute atomic E-state index is 0.0927. The molecule has 0 heterocycles. The summed E-state index contributed by atoms with van der Waals surface area (Å²) in [6.45, 7) is 5.95. The monoisotopic (exact) mass is 258 g/mol. The van der Waals surface area contributed by atoms with Crippen molar-refractivity contribution in [2.45, 2.75) is 33.6 Å². The second-order valence-electron chi connectivity index (χ2n) is 4.93. The Morgan fingerprint density at radius 3 is 2.06 bits per heavy atom. The topological polar surface area (TPSA) is 84.5 Å². The van der Waals surface area contributed by atoms with Gasteiger partial charge in [0.1, 0.15) is 0 Å². The van der Waals surface area contributed by atoms with E-state index < -0.39 is 5.41 Å². The van der Waals surface area contributed by atoms with Crippen LogP contribution in [0.1, 0.15) is 33.6 Å². The van der Waals surface area contributed by atoms with E-state index in [1.807, 2.05) is 0 Å². The van der Waals surface area contributed by atoms with Crippen molar-refractivity contribution in [3.8, 4) is 0 Å². The molecule has 0 atom stereocenters. The molecule has 2 amide bonds. The second-order valence-corrected chi connectivity index (χ2v) is 4.93. The van der Waals surface area contributed by atoms with E-state index in [9.17, 15) is 14.4 Å². The van der Waals surface area contributed by atoms with Gasteiger partial charge in [0.05, 0.1) is 13.5 Å². The molecule has 0 aromatic rings. The molecule has 2 N–H and O–H groups in total. The summed E-state index contributed by atoms with van der Waals surface area (Å²) in [4.78, 5) is 33.6. The van der Waals surface area contributed by atoms with E-state index in [4.69, 9.17) is 0 Å². The van der Waals surface area contributed by atoms with Crippen molar-refractivity contribution in [3.05, 3.63) is 0 Å². The number of rotatable bonds is 6. The first-order chi connectivity index (χ1) is 8.27. The lowest BCUT2D eigenvalue weighted by molar-refractivity contribution is -0.140. The lowest BCUT2D eigenvalue weighted by atomic mass is 9.96. The molecule has 0 aromatic heterocycles. The van der Waals surface area contributed by atoms with Crippen molar-refractivity contribution < 1.29 is 19.1 Å². The molecule has 0 aliphatic heterocycles. The van der Waals surface area contributed by atoms with Crippen LogP contribution in [0.25, 0.3) is 0 Å². The Morgan fingerprint density at radius 1 is 1.00 bits per heavy atom. The van der Waals surface area contributed by atoms with Crippen molar-refractivity contribution >= 4 is 17.8 Å². The van der Waals surface area contributed by atoms with E-state index in [2.05, 4.69) is 15.4 Å². The number of hydrogen-bond donors (Lipinski definition) is 2. The SMILES string of the molecule is COC(=O)CCNC(=O)CCNC(=O)C(C)(C)C. The van der Waals surface area contributed by atoms with E-state index in [1.165, 1.54) is 7.11 Å². The zero-order chi connectivity index (χ0) is 14.2. The largest absolute Gasteiger partial charge is 0.469 e. The van der Waals surface area contributed by atoms with Crippen molar-refractivity contribution in [2.75, 3.05) is 20.2 Å². The van der Waals surface area contributed by atoms with Crippen LogP contribution in [0.15, 0.2) is 0 Å². The number of ether oxygens (including phenoxy) is 1. The molecule has 0 bridgehead atoms.